The van der Waals surface area contributed by atoms with Crippen molar-refractivity contribution in [3.8, 4) is 23.0 Å². The Morgan fingerprint density at radius 3 is 2.33 bits per heavy atom. The molecule has 0 saturated carbocycles. The molecule has 4 aromatic rings. The molecule has 2 aromatic heterocycles. The second-order valence-electron chi connectivity index (χ2n) is 9.55. The Hall–Kier alpha value is -4.66. The number of methoxy groups -OCH3 is 3. The first-order chi connectivity index (χ1) is 21.5. The Morgan fingerprint density at radius 1 is 1.00 bits per heavy atom. The first kappa shape index (κ1) is 33.2. The lowest BCUT2D eigenvalue weighted by Gasteiger charge is -2.19. The normalized spacial score (nSPS) is 11.3. The number of rotatable bonds is 12. The molecule has 0 aliphatic carbocycles. The second kappa shape index (κ2) is 14.4. The van der Waals surface area contributed by atoms with Gasteiger partial charge in [0.25, 0.3) is 0 Å². The smallest absolute Gasteiger partial charge is 0.422 e. The fourth-order valence-corrected chi connectivity index (χ4v) is 5.29. The standard InChI is InChI=1S/C30H31F3N4O7S/c1-18-21(34-11-10-23(18)44-17-30(31,32)33)16-45-28-35-20-8-6-7-9-22(20)37(28)29(39)36(2)12-13-43-27(38)19-14-24(40-3)26(42-5)25(15-19)41-4/h6-11,14-15H,12-13,16-17H2,1-5H3. The number of fused-ring (bicyclic) bond motifs is 1. The number of benzene rings is 2. The molecule has 0 atom stereocenters. The number of likely N-dealkylation sites (N-methyl/N-ethyl adjacent to an activating group) is 1. The number of pyridine rings is 1. The van der Waals surface area contributed by atoms with Crippen LogP contribution in [0, 0.1) is 6.92 Å². The Labute approximate surface area is 261 Å². The molecule has 0 radical (unpaired) electrons. The average molecular weight is 649 g/mol. The minimum Gasteiger partial charge on any atom is -0.493 e. The molecule has 15 heteroatoms. The largest absolute Gasteiger partial charge is 0.493 e. The monoisotopic (exact) mass is 648 g/mol. The van der Waals surface area contributed by atoms with Crippen LogP contribution >= 0.6 is 11.8 Å². The molecule has 0 fully saturated rings. The van der Waals surface area contributed by atoms with E-state index in [0.29, 0.717) is 44.7 Å². The number of aromatic nitrogens is 3. The summed E-state index contributed by atoms with van der Waals surface area (Å²) in [5.74, 6) is 0.545. The first-order valence-corrected chi connectivity index (χ1v) is 14.4. The van der Waals surface area contributed by atoms with E-state index in [9.17, 15) is 22.8 Å². The van der Waals surface area contributed by atoms with Gasteiger partial charge in [-0.15, -0.1) is 0 Å². The predicted molar refractivity (Wildman–Crippen MR) is 160 cm³/mol. The maximum Gasteiger partial charge on any atom is 0.422 e. The highest BCUT2D eigenvalue weighted by molar-refractivity contribution is 7.98. The number of hydrogen-bond acceptors (Lipinski definition) is 10. The number of halogens is 3. The van der Waals surface area contributed by atoms with Crippen molar-refractivity contribution in [2.75, 3.05) is 48.1 Å². The molecule has 0 N–H and O–H groups in total. The van der Waals surface area contributed by atoms with Crippen LogP contribution in [-0.2, 0) is 10.5 Å². The number of carbonyl (C=O) groups excluding carboxylic acids is 2. The summed E-state index contributed by atoms with van der Waals surface area (Å²) >= 11 is 1.20. The molecule has 11 nitrogen and oxygen atoms in total. The number of thioether (sulfide) groups is 1. The van der Waals surface area contributed by atoms with Crippen LogP contribution in [0.5, 0.6) is 23.0 Å². The van der Waals surface area contributed by atoms with Crippen LogP contribution in [0.1, 0.15) is 21.6 Å². The number of ether oxygens (including phenoxy) is 5. The Morgan fingerprint density at radius 2 is 1.69 bits per heavy atom. The second-order valence-corrected chi connectivity index (χ2v) is 10.5. The van der Waals surface area contributed by atoms with Crippen molar-refractivity contribution in [1.29, 1.82) is 0 Å². The molecule has 4 rings (SSSR count). The summed E-state index contributed by atoms with van der Waals surface area (Å²) in [6.07, 6.45) is -3.10. The van der Waals surface area contributed by atoms with Gasteiger partial charge in [-0.05, 0) is 37.3 Å². The lowest BCUT2D eigenvalue weighted by molar-refractivity contribution is -0.153. The van der Waals surface area contributed by atoms with Gasteiger partial charge in [0, 0.05) is 24.6 Å². The SMILES string of the molecule is COc1cc(C(=O)OCCN(C)C(=O)n2c(SCc3nccc(OCC(F)(F)F)c3C)nc3ccccc32)cc(OC)c1OC. The molecule has 240 valence electrons. The van der Waals surface area contributed by atoms with E-state index < -0.39 is 24.8 Å². The van der Waals surface area contributed by atoms with E-state index in [2.05, 4.69) is 9.97 Å². The maximum absolute atomic E-state index is 13.6. The third-order valence-electron chi connectivity index (χ3n) is 6.60. The molecule has 0 aliphatic rings. The average Bonchev–Trinajstić information content (AvgIpc) is 3.40. The van der Waals surface area contributed by atoms with Gasteiger partial charge in [-0.2, -0.15) is 13.2 Å². The van der Waals surface area contributed by atoms with Crippen molar-refractivity contribution in [3.63, 3.8) is 0 Å². The van der Waals surface area contributed by atoms with Crippen LogP contribution in [0.3, 0.4) is 0 Å². The Bertz CT molecular complexity index is 1650. The Balaban J connectivity index is 1.46. The van der Waals surface area contributed by atoms with Crippen molar-refractivity contribution >= 4 is 34.8 Å². The van der Waals surface area contributed by atoms with Crippen molar-refractivity contribution < 1.29 is 46.4 Å². The molecule has 2 aromatic carbocycles. The van der Waals surface area contributed by atoms with Crippen LogP contribution in [0.4, 0.5) is 18.0 Å². The van der Waals surface area contributed by atoms with Gasteiger partial charge in [-0.3, -0.25) is 4.98 Å². The summed E-state index contributed by atoms with van der Waals surface area (Å²) in [6, 6.07) is 10.9. The molecular formula is C30H31F3N4O7S. The van der Waals surface area contributed by atoms with Gasteiger partial charge >= 0.3 is 18.2 Å². The number of carbonyl (C=O) groups is 2. The lowest BCUT2D eigenvalue weighted by Crippen LogP contribution is -2.34. The summed E-state index contributed by atoms with van der Waals surface area (Å²) in [5.41, 5.74) is 2.24. The molecular weight excluding hydrogens is 617 g/mol. The van der Waals surface area contributed by atoms with Crippen molar-refractivity contribution in [1.82, 2.24) is 19.4 Å². The van der Waals surface area contributed by atoms with Gasteiger partial charge in [0.05, 0.1) is 50.2 Å². The van der Waals surface area contributed by atoms with Crippen LogP contribution in [-0.4, -0.2) is 85.7 Å². The topological polar surface area (TPSA) is 114 Å². The molecule has 0 saturated heterocycles. The van der Waals surface area contributed by atoms with Crippen LogP contribution in [0.15, 0.2) is 53.8 Å². The zero-order valence-corrected chi connectivity index (χ0v) is 26.0. The first-order valence-electron chi connectivity index (χ1n) is 13.4. The van der Waals surface area contributed by atoms with Crippen LogP contribution in [0.25, 0.3) is 11.0 Å². The zero-order chi connectivity index (χ0) is 32.7. The third-order valence-corrected chi connectivity index (χ3v) is 7.55. The van der Waals surface area contributed by atoms with Gasteiger partial charge < -0.3 is 28.6 Å². The van der Waals surface area contributed by atoms with Crippen molar-refractivity contribution in [3.05, 3.63) is 65.5 Å². The molecule has 2 heterocycles. The highest BCUT2D eigenvalue weighted by Gasteiger charge is 2.29. The molecule has 45 heavy (non-hydrogen) atoms. The fourth-order valence-electron chi connectivity index (χ4n) is 4.26. The highest BCUT2D eigenvalue weighted by Crippen LogP contribution is 2.38. The predicted octanol–water partition coefficient (Wildman–Crippen LogP) is 5.76. The van der Waals surface area contributed by atoms with E-state index in [1.165, 1.54) is 67.0 Å². The summed E-state index contributed by atoms with van der Waals surface area (Å²) in [7, 11) is 5.88. The molecule has 0 bridgehead atoms. The number of esters is 1. The van der Waals surface area contributed by atoms with E-state index in [0.717, 1.165) is 0 Å². The molecule has 1 amide bonds. The molecule has 0 unspecified atom stereocenters. The summed E-state index contributed by atoms with van der Waals surface area (Å²) < 4.78 is 65.7. The number of alkyl halides is 3. The molecule has 0 aliphatic heterocycles. The quantitative estimate of drug-likeness (QED) is 0.139. The van der Waals surface area contributed by atoms with Gasteiger partial charge in [0.2, 0.25) is 5.75 Å². The van der Waals surface area contributed by atoms with Crippen LogP contribution < -0.4 is 18.9 Å². The van der Waals surface area contributed by atoms with Gasteiger partial charge in [0.15, 0.2) is 23.3 Å². The number of amides is 1. The number of hydrogen-bond donors (Lipinski definition) is 0. The van der Waals surface area contributed by atoms with E-state index in [1.54, 1.807) is 38.2 Å². The summed E-state index contributed by atoms with van der Waals surface area (Å²) in [6.45, 7) is 0.153. The van der Waals surface area contributed by atoms with E-state index in [4.69, 9.17) is 23.7 Å². The number of para-hydroxylation sites is 2. The lowest BCUT2D eigenvalue weighted by atomic mass is 10.2. The fraction of sp³-hybridized carbons (Fsp3) is 0.333. The van der Waals surface area contributed by atoms with E-state index >= 15 is 0 Å². The number of imidazole rings is 1. The summed E-state index contributed by atoms with van der Waals surface area (Å²) in [4.78, 5) is 36.7. The van der Waals surface area contributed by atoms with Gasteiger partial charge in [0.1, 0.15) is 12.4 Å². The summed E-state index contributed by atoms with van der Waals surface area (Å²) in [5, 5.41) is 0.352. The maximum atomic E-state index is 13.6. The highest BCUT2D eigenvalue weighted by atomic mass is 32.2. The minimum atomic E-state index is -4.48. The van der Waals surface area contributed by atoms with Crippen molar-refractivity contribution in [2.24, 2.45) is 0 Å². The van der Waals surface area contributed by atoms with Crippen LogP contribution in [0.2, 0.25) is 0 Å². The zero-order valence-electron chi connectivity index (χ0n) is 25.1. The van der Waals surface area contributed by atoms with E-state index in [-0.39, 0.29) is 30.2 Å². The minimum absolute atomic E-state index is 0.0604. The third kappa shape index (κ3) is 7.90. The van der Waals surface area contributed by atoms with Crippen molar-refractivity contribution in [2.45, 2.75) is 24.0 Å². The van der Waals surface area contributed by atoms with E-state index in [1.807, 2.05) is 0 Å². The van der Waals surface area contributed by atoms with Gasteiger partial charge in [-0.1, -0.05) is 23.9 Å². The number of nitrogens with zero attached hydrogens (tertiary/aromatic N) is 4. The molecule has 0 spiro atoms. The Kier molecular flexibility index (Phi) is 10.6. The van der Waals surface area contributed by atoms with Gasteiger partial charge in [-0.25, -0.2) is 19.1 Å².